The predicted octanol–water partition coefficient (Wildman–Crippen LogP) is 3.02. The molecule has 0 saturated heterocycles. The summed E-state index contributed by atoms with van der Waals surface area (Å²) in [5.74, 6) is 0.828. The Labute approximate surface area is 110 Å². The highest BCUT2D eigenvalue weighted by Gasteiger charge is 2.51. The van der Waals surface area contributed by atoms with Crippen molar-refractivity contribution in [2.24, 2.45) is 5.41 Å². The van der Waals surface area contributed by atoms with Crippen LogP contribution in [0.5, 0.6) is 5.75 Å². The van der Waals surface area contributed by atoms with Crippen molar-refractivity contribution in [1.29, 1.82) is 5.26 Å². The Balaban J connectivity index is 2.44. The smallest absolute Gasteiger partial charge is 0.123 e. The Morgan fingerprint density at radius 2 is 2.24 bits per heavy atom. The molecule has 1 unspecified atom stereocenters. The second-order valence-corrected chi connectivity index (χ2v) is 5.29. The van der Waals surface area contributed by atoms with Crippen LogP contribution in [0.2, 0.25) is 0 Å². The van der Waals surface area contributed by atoms with E-state index in [-0.39, 0.29) is 11.5 Å². The largest absolute Gasteiger partial charge is 0.496 e. The lowest BCUT2D eigenvalue weighted by molar-refractivity contribution is 0.381. The number of rotatable bonds is 4. The molecular formula is C13H15BrN2O. The fraction of sp³-hybridized carbons (Fsp3) is 0.462. The maximum atomic E-state index is 9.31. The molecule has 1 aromatic rings. The van der Waals surface area contributed by atoms with Crippen molar-refractivity contribution in [1.82, 2.24) is 5.32 Å². The minimum atomic E-state index is -0.261. The number of nitrogens with zero attached hydrogens (tertiary/aromatic N) is 1. The van der Waals surface area contributed by atoms with E-state index in [9.17, 15) is 5.26 Å². The Morgan fingerprint density at radius 1 is 1.53 bits per heavy atom. The minimum Gasteiger partial charge on any atom is -0.496 e. The summed E-state index contributed by atoms with van der Waals surface area (Å²) in [7, 11) is 3.55. The van der Waals surface area contributed by atoms with Gasteiger partial charge in [0, 0.05) is 10.0 Å². The van der Waals surface area contributed by atoms with Crippen LogP contribution in [0.4, 0.5) is 0 Å². The summed E-state index contributed by atoms with van der Waals surface area (Å²) < 4.78 is 6.38. The molecule has 0 heterocycles. The number of nitrogens with one attached hydrogen (secondary N) is 1. The van der Waals surface area contributed by atoms with Gasteiger partial charge in [-0.2, -0.15) is 5.26 Å². The van der Waals surface area contributed by atoms with Crippen LogP contribution in [0.3, 0.4) is 0 Å². The van der Waals surface area contributed by atoms with Gasteiger partial charge in [0.1, 0.15) is 5.75 Å². The third-order valence-electron chi connectivity index (χ3n) is 3.36. The molecule has 17 heavy (non-hydrogen) atoms. The van der Waals surface area contributed by atoms with Crippen LogP contribution < -0.4 is 10.1 Å². The van der Waals surface area contributed by atoms with Crippen molar-refractivity contribution in [2.45, 2.75) is 18.9 Å². The third kappa shape index (κ3) is 2.18. The summed E-state index contributed by atoms with van der Waals surface area (Å²) in [6, 6.07) is 8.37. The van der Waals surface area contributed by atoms with Crippen LogP contribution in [0, 0.1) is 16.7 Å². The van der Waals surface area contributed by atoms with Crippen molar-refractivity contribution in [3.63, 3.8) is 0 Å². The van der Waals surface area contributed by atoms with Crippen LogP contribution in [-0.4, -0.2) is 14.2 Å². The first-order valence-corrected chi connectivity index (χ1v) is 6.38. The van der Waals surface area contributed by atoms with Gasteiger partial charge in [-0.05, 0) is 38.1 Å². The molecule has 0 radical (unpaired) electrons. The fourth-order valence-electron chi connectivity index (χ4n) is 2.26. The van der Waals surface area contributed by atoms with Gasteiger partial charge < -0.3 is 10.1 Å². The van der Waals surface area contributed by atoms with E-state index >= 15 is 0 Å². The minimum absolute atomic E-state index is 0.0277. The normalized spacial score (nSPS) is 18.2. The van der Waals surface area contributed by atoms with Gasteiger partial charge in [0.25, 0.3) is 0 Å². The molecule has 0 amide bonds. The molecule has 1 fully saturated rings. The zero-order valence-electron chi connectivity index (χ0n) is 9.96. The van der Waals surface area contributed by atoms with Crippen LogP contribution in [-0.2, 0) is 0 Å². The van der Waals surface area contributed by atoms with Gasteiger partial charge in [-0.1, -0.05) is 15.9 Å². The van der Waals surface area contributed by atoms with E-state index in [1.165, 1.54) is 0 Å². The maximum absolute atomic E-state index is 9.31. The van der Waals surface area contributed by atoms with Crippen molar-refractivity contribution in [3.05, 3.63) is 28.2 Å². The highest BCUT2D eigenvalue weighted by Crippen LogP contribution is 2.55. The molecule has 1 atom stereocenters. The molecule has 2 rings (SSSR count). The van der Waals surface area contributed by atoms with E-state index in [1.54, 1.807) is 7.11 Å². The second-order valence-electron chi connectivity index (χ2n) is 4.38. The van der Waals surface area contributed by atoms with E-state index in [2.05, 4.69) is 27.3 Å². The molecule has 0 aliphatic heterocycles. The lowest BCUT2D eigenvalue weighted by Crippen LogP contribution is -2.26. The van der Waals surface area contributed by atoms with Crippen molar-refractivity contribution in [2.75, 3.05) is 14.2 Å². The van der Waals surface area contributed by atoms with E-state index < -0.39 is 0 Å². The van der Waals surface area contributed by atoms with Gasteiger partial charge in [-0.15, -0.1) is 0 Å². The molecule has 1 aromatic carbocycles. The number of hydrogen-bond donors (Lipinski definition) is 1. The van der Waals surface area contributed by atoms with Crippen LogP contribution in [0.15, 0.2) is 22.7 Å². The molecule has 0 bridgehead atoms. The zero-order chi connectivity index (χ0) is 12.5. The lowest BCUT2D eigenvalue weighted by atomic mass is 9.91. The molecule has 0 spiro atoms. The van der Waals surface area contributed by atoms with E-state index in [0.29, 0.717) is 0 Å². The fourth-order valence-corrected chi connectivity index (χ4v) is 2.64. The first-order chi connectivity index (χ1) is 8.16. The van der Waals surface area contributed by atoms with Gasteiger partial charge in [-0.25, -0.2) is 0 Å². The number of benzene rings is 1. The lowest BCUT2D eigenvalue weighted by Gasteiger charge is -2.23. The standard InChI is InChI=1S/C13H15BrN2O/c1-16-12(13(8-15)5-6-13)10-7-9(14)3-4-11(10)17-2/h3-4,7,12,16H,5-6H2,1-2H3. The number of hydrogen-bond acceptors (Lipinski definition) is 3. The monoisotopic (exact) mass is 294 g/mol. The molecule has 4 heteroatoms. The highest BCUT2D eigenvalue weighted by atomic mass is 79.9. The molecule has 1 aliphatic rings. The summed E-state index contributed by atoms with van der Waals surface area (Å²) in [5.41, 5.74) is 0.784. The van der Waals surface area contributed by atoms with Crippen LogP contribution in [0.1, 0.15) is 24.4 Å². The van der Waals surface area contributed by atoms with Gasteiger partial charge in [-0.3, -0.25) is 0 Å². The average molecular weight is 295 g/mol. The summed E-state index contributed by atoms with van der Waals surface area (Å²) in [4.78, 5) is 0. The Bertz CT molecular complexity index is 463. The van der Waals surface area contributed by atoms with Gasteiger partial charge in [0.15, 0.2) is 0 Å². The Morgan fingerprint density at radius 3 is 2.71 bits per heavy atom. The van der Waals surface area contributed by atoms with Gasteiger partial charge in [0.2, 0.25) is 0 Å². The number of methoxy groups -OCH3 is 1. The first-order valence-electron chi connectivity index (χ1n) is 5.59. The first kappa shape index (κ1) is 12.4. The van der Waals surface area contributed by atoms with Gasteiger partial charge >= 0.3 is 0 Å². The number of halogens is 1. The van der Waals surface area contributed by atoms with E-state index in [0.717, 1.165) is 28.6 Å². The van der Waals surface area contributed by atoms with Gasteiger partial charge in [0.05, 0.1) is 24.6 Å². The number of nitriles is 1. The van der Waals surface area contributed by atoms with Crippen LogP contribution in [0.25, 0.3) is 0 Å². The molecule has 1 aliphatic carbocycles. The molecule has 1 saturated carbocycles. The van der Waals surface area contributed by atoms with Crippen molar-refractivity contribution in [3.8, 4) is 11.8 Å². The Kier molecular flexibility index (Phi) is 3.41. The Hall–Kier alpha value is -1.05. The number of ether oxygens (including phenoxy) is 1. The zero-order valence-corrected chi connectivity index (χ0v) is 11.5. The summed E-state index contributed by atoms with van der Waals surface area (Å²) in [5, 5.41) is 12.6. The predicted molar refractivity (Wildman–Crippen MR) is 69.8 cm³/mol. The van der Waals surface area contributed by atoms with E-state index in [1.807, 2.05) is 25.2 Å². The van der Waals surface area contributed by atoms with Crippen molar-refractivity contribution < 1.29 is 4.74 Å². The molecule has 0 aromatic heterocycles. The van der Waals surface area contributed by atoms with E-state index in [4.69, 9.17) is 4.74 Å². The summed E-state index contributed by atoms with van der Waals surface area (Å²) >= 11 is 3.47. The summed E-state index contributed by atoms with van der Waals surface area (Å²) in [6.45, 7) is 0. The highest BCUT2D eigenvalue weighted by molar-refractivity contribution is 9.10. The molecule has 1 N–H and O–H groups in total. The third-order valence-corrected chi connectivity index (χ3v) is 3.85. The van der Waals surface area contributed by atoms with Crippen LogP contribution >= 0.6 is 15.9 Å². The second kappa shape index (κ2) is 4.67. The molecule has 90 valence electrons. The summed E-state index contributed by atoms with van der Waals surface area (Å²) in [6.07, 6.45) is 1.90. The topological polar surface area (TPSA) is 45.0 Å². The van der Waals surface area contributed by atoms with Crippen molar-refractivity contribution >= 4 is 15.9 Å². The maximum Gasteiger partial charge on any atom is 0.123 e. The molecule has 3 nitrogen and oxygen atoms in total. The quantitative estimate of drug-likeness (QED) is 0.928. The molecular weight excluding hydrogens is 280 g/mol. The average Bonchev–Trinajstić information content (AvgIpc) is 3.11. The SMILES string of the molecule is CNC(c1cc(Br)ccc1OC)C1(C#N)CC1.